The van der Waals surface area contributed by atoms with Crippen molar-refractivity contribution in [2.45, 2.75) is 6.18 Å². The number of pyridine rings is 1. The zero-order chi connectivity index (χ0) is 12.5. The lowest BCUT2D eigenvalue weighted by Crippen LogP contribution is -2.12. The van der Waals surface area contributed by atoms with Crippen LogP contribution in [0.1, 0.15) is 16.1 Å². The van der Waals surface area contributed by atoms with E-state index < -0.39 is 34.3 Å². The van der Waals surface area contributed by atoms with Gasteiger partial charge in [0.05, 0.1) is 12.1 Å². The smallest absolute Gasteiger partial charge is 0.421 e. The van der Waals surface area contributed by atoms with Crippen LogP contribution in [0.3, 0.4) is 0 Å². The average Bonchev–Trinajstić information content (AvgIpc) is 2.15. The molecule has 0 unspecified atom stereocenters. The summed E-state index contributed by atoms with van der Waals surface area (Å²) in [6.45, 7) is 0. The maximum absolute atomic E-state index is 12.4. The number of ether oxygens (including phenoxy) is 1. The molecule has 0 bridgehead atoms. The van der Waals surface area contributed by atoms with E-state index in [0.29, 0.717) is 6.07 Å². The van der Waals surface area contributed by atoms with Crippen molar-refractivity contribution in [2.75, 3.05) is 7.11 Å². The third-order valence-electron chi connectivity index (χ3n) is 1.64. The Bertz CT molecular complexity index is 433. The number of alkyl halides is 3. The topological polar surface area (TPSA) is 59.4 Å². The van der Waals surface area contributed by atoms with Crippen molar-refractivity contribution in [1.82, 2.24) is 4.98 Å². The number of carboxylic acid groups (broad SMARTS) is 1. The van der Waals surface area contributed by atoms with Gasteiger partial charge in [0.25, 0.3) is 0 Å². The molecule has 0 aliphatic carbocycles. The highest BCUT2D eigenvalue weighted by molar-refractivity contribution is 6.33. The molecule has 1 heterocycles. The Morgan fingerprint density at radius 3 is 2.50 bits per heavy atom. The summed E-state index contributed by atoms with van der Waals surface area (Å²) < 4.78 is 41.6. The normalized spacial score (nSPS) is 11.3. The van der Waals surface area contributed by atoms with Gasteiger partial charge in [-0.2, -0.15) is 13.2 Å². The molecule has 1 aromatic heterocycles. The molecule has 16 heavy (non-hydrogen) atoms. The number of halogens is 4. The maximum Gasteiger partial charge on any atom is 0.421 e. The molecule has 0 aliphatic rings. The predicted octanol–water partition coefficient (Wildman–Crippen LogP) is 2.46. The van der Waals surface area contributed by atoms with Crippen LogP contribution >= 0.6 is 11.6 Å². The summed E-state index contributed by atoms with van der Waals surface area (Å²) >= 11 is 5.36. The fraction of sp³-hybridized carbons (Fsp3) is 0.250. The largest absolute Gasteiger partial charge is 0.481 e. The maximum atomic E-state index is 12.4. The molecule has 4 nitrogen and oxygen atoms in total. The molecule has 0 saturated heterocycles. The van der Waals surface area contributed by atoms with E-state index in [1.54, 1.807) is 0 Å². The van der Waals surface area contributed by atoms with Gasteiger partial charge in [-0.3, -0.25) is 0 Å². The minimum Gasteiger partial charge on any atom is -0.481 e. The second-order valence-corrected chi connectivity index (χ2v) is 3.09. The van der Waals surface area contributed by atoms with Crippen LogP contribution in [-0.2, 0) is 6.18 Å². The molecule has 0 atom stereocenters. The van der Waals surface area contributed by atoms with Gasteiger partial charge < -0.3 is 9.84 Å². The van der Waals surface area contributed by atoms with Crippen molar-refractivity contribution in [3.63, 3.8) is 0 Å². The number of carbonyl (C=O) groups is 1. The lowest BCUT2D eigenvalue weighted by Gasteiger charge is -2.12. The van der Waals surface area contributed by atoms with Crippen molar-refractivity contribution in [2.24, 2.45) is 0 Å². The molecular formula is C8H5ClF3NO3. The number of aromatic carboxylic acids is 1. The van der Waals surface area contributed by atoms with Crippen molar-refractivity contribution in [3.05, 3.63) is 22.3 Å². The number of hydrogen-bond donors (Lipinski definition) is 1. The summed E-state index contributed by atoms with van der Waals surface area (Å²) in [7, 11) is 0.955. The first kappa shape index (κ1) is 12.6. The standard InChI is InChI=1S/C8H5ClF3NO3/c1-16-6-3(8(10,11)12)2-4(9)5(13-6)7(14)15/h2H,1H3,(H,14,15). The van der Waals surface area contributed by atoms with E-state index in [1.807, 2.05) is 0 Å². The summed E-state index contributed by atoms with van der Waals surface area (Å²) in [5.41, 5.74) is -1.91. The Morgan fingerprint density at radius 1 is 1.56 bits per heavy atom. The van der Waals surface area contributed by atoms with Gasteiger partial charge >= 0.3 is 12.1 Å². The van der Waals surface area contributed by atoms with Crippen LogP contribution in [0.2, 0.25) is 5.02 Å². The third-order valence-corrected chi connectivity index (χ3v) is 1.93. The molecule has 0 amide bonds. The molecule has 0 spiro atoms. The van der Waals surface area contributed by atoms with Gasteiger partial charge in [-0.25, -0.2) is 9.78 Å². The summed E-state index contributed by atoms with van der Waals surface area (Å²) in [5.74, 6) is -2.36. The van der Waals surface area contributed by atoms with Crippen LogP contribution in [0, 0.1) is 0 Å². The van der Waals surface area contributed by atoms with E-state index in [-0.39, 0.29) is 0 Å². The highest BCUT2D eigenvalue weighted by Crippen LogP contribution is 2.37. The summed E-state index contributed by atoms with van der Waals surface area (Å²) in [6.07, 6.45) is -4.71. The highest BCUT2D eigenvalue weighted by Gasteiger charge is 2.36. The number of nitrogens with zero attached hydrogens (tertiary/aromatic N) is 1. The molecule has 1 aromatic rings. The van der Waals surface area contributed by atoms with Crippen LogP contribution in [0.15, 0.2) is 6.07 Å². The Kier molecular flexibility index (Phi) is 3.27. The number of hydrogen-bond acceptors (Lipinski definition) is 3. The van der Waals surface area contributed by atoms with Crippen molar-refractivity contribution >= 4 is 17.6 Å². The number of carboxylic acids is 1. The Labute approximate surface area is 92.6 Å². The van der Waals surface area contributed by atoms with Gasteiger partial charge in [0.2, 0.25) is 5.88 Å². The molecular weight excluding hydrogens is 251 g/mol. The first-order chi connectivity index (χ1) is 7.27. The summed E-state index contributed by atoms with van der Waals surface area (Å²) in [5, 5.41) is 8.00. The third kappa shape index (κ3) is 2.35. The Hall–Kier alpha value is -1.50. The van der Waals surface area contributed by atoms with Gasteiger partial charge in [0.1, 0.15) is 5.56 Å². The lowest BCUT2D eigenvalue weighted by atomic mass is 10.2. The fourth-order valence-corrected chi connectivity index (χ4v) is 1.21. The van der Waals surface area contributed by atoms with Crippen LogP contribution in [0.5, 0.6) is 5.88 Å². The second kappa shape index (κ2) is 4.17. The van der Waals surface area contributed by atoms with Crippen LogP contribution in [0.25, 0.3) is 0 Å². The zero-order valence-corrected chi connectivity index (χ0v) is 8.56. The average molecular weight is 256 g/mol. The van der Waals surface area contributed by atoms with Gasteiger partial charge in [-0.05, 0) is 6.07 Å². The van der Waals surface area contributed by atoms with E-state index in [1.165, 1.54) is 0 Å². The molecule has 0 saturated carbocycles. The lowest BCUT2D eigenvalue weighted by molar-refractivity contribution is -0.139. The second-order valence-electron chi connectivity index (χ2n) is 2.68. The zero-order valence-electron chi connectivity index (χ0n) is 7.80. The summed E-state index contributed by atoms with van der Waals surface area (Å²) in [6, 6.07) is 0.469. The quantitative estimate of drug-likeness (QED) is 0.882. The minimum absolute atomic E-state index is 0.469. The van der Waals surface area contributed by atoms with Gasteiger partial charge in [-0.15, -0.1) is 0 Å². The Morgan fingerprint density at radius 2 is 2.12 bits per heavy atom. The molecule has 88 valence electrons. The Balaban J connectivity index is 3.44. The van der Waals surface area contributed by atoms with E-state index in [4.69, 9.17) is 16.7 Å². The number of aromatic nitrogens is 1. The molecule has 0 aromatic carbocycles. The monoisotopic (exact) mass is 255 g/mol. The summed E-state index contributed by atoms with van der Waals surface area (Å²) in [4.78, 5) is 13.8. The van der Waals surface area contributed by atoms with E-state index in [0.717, 1.165) is 7.11 Å². The first-order valence-corrected chi connectivity index (χ1v) is 4.20. The van der Waals surface area contributed by atoms with Gasteiger partial charge in [0, 0.05) is 0 Å². The first-order valence-electron chi connectivity index (χ1n) is 3.82. The molecule has 0 fully saturated rings. The highest BCUT2D eigenvalue weighted by atomic mass is 35.5. The van der Waals surface area contributed by atoms with E-state index >= 15 is 0 Å². The number of methoxy groups -OCH3 is 1. The van der Waals surface area contributed by atoms with Crippen molar-refractivity contribution in [3.8, 4) is 5.88 Å². The minimum atomic E-state index is -4.71. The van der Waals surface area contributed by atoms with E-state index in [9.17, 15) is 18.0 Å². The number of rotatable bonds is 2. The molecule has 1 rings (SSSR count). The fourth-order valence-electron chi connectivity index (χ4n) is 0.981. The van der Waals surface area contributed by atoms with Crippen molar-refractivity contribution in [1.29, 1.82) is 0 Å². The van der Waals surface area contributed by atoms with E-state index in [2.05, 4.69) is 9.72 Å². The SMILES string of the molecule is COc1nc(C(=O)O)c(Cl)cc1C(F)(F)F. The van der Waals surface area contributed by atoms with Gasteiger partial charge in [0.15, 0.2) is 5.69 Å². The molecule has 0 aliphatic heterocycles. The molecule has 0 radical (unpaired) electrons. The van der Waals surface area contributed by atoms with Crippen molar-refractivity contribution < 1.29 is 27.8 Å². The van der Waals surface area contributed by atoms with Gasteiger partial charge in [-0.1, -0.05) is 11.6 Å². The predicted molar refractivity (Wildman–Crippen MR) is 47.8 cm³/mol. The van der Waals surface area contributed by atoms with Crippen LogP contribution in [-0.4, -0.2) is 23.2 Å². The molecule has 1 N–H and O–H groups in total. The van der Waals surface area contributed by atoms with Crippen LogP contribution < -0.4 is 4.74 Å². The molecule has 8 heteroatoms. The van der Waals surface area contributed by atoms with Crippen LogP contribution in [0.4, 0.5) is 13.2 Å².